The maximum absolute atomic E-state index is 12.9. The summed E-state index contributed by atoms with van der Waals surface area (Å²) in [7, 11) is -3.44. The minimum atomic E-state index is -3.44. The van der Waals surface area contributed by atoms with Gasteiger partial charge in [-0.2, -0.15) is 0 Å². The highest BCUT2D eigenvalue weighted by Gasteiger charge is 2.32. The maximum atomic E-state index is 12.9. The van der Waals surface area contributed by atoms with Crippen molar-refractivity contribution >= 4 is 21.6 Å². The minimum Gasteiger partial charge on any atom is -0.325 e. The van der Waals surface area contributed by atoms with Crippen LogP contribution in [0.15, 0.2) is 42.5 Å². The first kappa shape index (κ1) is 20.6. The second kappa shape index (κ2) is 8.45. The number of nitrogens with zero attached hydrogens (tertiary/aromatic N) is 1. The Morgan fingerprint density at radius 3 is 2.39 bits per heavy atom. The lowest BCUT2D eigenvalue weighted by molar-refractivity contribution is -0.120. The van der Waals surface area contributed by atoms with Crippen molar-refractivity contribution in [3.63, 3.8) is 0 Å². The molecule has 28 heavy (non-hydrogen) atoms. The number of piperidine rings is 1. The van der Waals surface area contributed by atoms with Crippen LogP contribution in [0.2, 0.25) is 0 Å². The van der Waals surface area contributed by atoms with E-state index < -0.39 is 10.0 Å². The Morgan fingerprint density at radius 1 is 1.11 bits per heavy atom. The predicted octanol–water partition coefficient (Wildman–Crippen LogP) is 3.79. The second-order valence-corrected chi connectivity index (χ2v) is 9.67. The van der Waals surface area contributed by atoms with Crippen molar-refractivity contribution in [1.82, 2.24) is 4.31 Å². The summed E-state index contributed by atoms with van der Waals surface area (Å²) in [6.45, 7) is 6.70. The number of hydrogen-bond donors (Lipinski definition) is 1. The number of hydrogen-bond acceptors (Lipinski definition) is 3. The van der Waals surface area contributed by atoms with E-state index in [1.807, 2.05) is 63.2 Å². The summed E-state index contributed by atoms with van der Waals surface area (Å²) < 4.78 is 27.1. The van der Waals surface area contributed by atoms with E-state index in [0.29, 0.717) is 19.4 Å². The minimum absolute atomic E-state index is 0.0294. The van der Waals surface area contributed by atoms with E-state index in [0.717, 1.165) is 27.9 Å². The molecule has 3 rings (SSSR count). The molecule has 0 saturated carbocycles. The van der Waals surface area contributed by atoms with Crippen LogP contribution in [0.4, 0.5) is 5.69 Å². The highest BCUT2D eigenvalue weighted by atomic mass is 32.2. The molecule has 1 amide bonds. The third-order valence-electron chi connectivity index (χ3n) is 5.27. The molecule has 1 fully saturated rings. The Bertz CT molecular complexity index is 932. The molecule has 1 aliphatic heterocycles. The molecule has 1 saturated heterocycles. The topological polar surface area (TPSA) is 66.5 Å². The predicted molar refractivity (Wildman–Crippen MR) is 113 cm³/mol. The van der Waals surface area contributed by atoms with E-state index in [-0.39, 0.29) is 24.1 Å². The molecule has 0 unspecified atom stereocenters. The molecule has 0 aromatic heterocycles. The number of carbonyl (C=O) groups is 1. The quantitative estimate of drug-likeness (QED) is 0.830. The van der Waals surface area contributed by atoms with E-state index in [9.17, 15) is 13.2 Å². The molecule has 1 heterocycles. The van der Waals surface area contributed by atoms with E-state index >= 15 is 0 Å². The van der Waals surface area contributed by atoms with Gasteiger partial charge in [0.1, 0.15) is 0 Å². The van der Waals surface area contributed by atoms with Crippen molar-refractivity contribution in [2.45, 2.75) is 39.4 Å². The average Bonchev–Trinajstić information content (AvgIpc) is 2.65. The molecule has 1 aliphatic rings. The first-order chi connectivity index (χ1) is 13.3. The third-order valence-corrected chi connectivity index (χ3v) is 7.08. The number of anilines is 1. The van der Waals surface area contributed by atoms with E-state index in [1.165, 1.54) is 4.31 Å². The van der Waals surface area contributed by atoms with Crippen LogP contribution in [-0.2, 0) is 20.6 Å². The molecular weight excluding hydrogens is 372 g/mol. The SMILES string of the molecule is Cc1cc(C)c(NC(=O)[C@@H]2CCCN(S(=O)(=O)Cc3ccccc3)C2)c(C)c1. The maximum Gasteiger partial charge on any atom is 0.228 e. The first-order valence-corrected chi connectivity index (χ1v) is 11.3. The van der Waals surface area contributed by atoms with Gasteiger partial charge in [0, 0.05) is 18.8 Å². The Morgan fingerprint density at radius 2 is 1.75 bits per heavy atom. The van der Waals surface area contributed by atoms with Gasteiger partial charge in [0.25, 0.3) is 0 Å². The van der Waals surface area contributed by atoms with Crippen LogP contribution in [0, 0.1) is 26.7 Å². The van der Waals surface area contributed by atoms with Gasteiger partial charge < -0.3 is 5.32 Å². The number of rotatable bonds is 5. The first-order valence-electron chi connectivity index (χ1n) is 9.67. The molecule has 2 aromatic carbocycles. The zero-order chi connectivity index (χ0) is 20.3. The molecule has 6 heteroatoms. The van der Waals surface area contributed by atoms with Crippen LogP contribution in [-0.4, -0.2) is 31.7 Å². The standard InChI is InChI=1S/C22H28N2O3S/c1-16-12-17(2)21(18(3)13-16)23-22(25)20-10-7-11-24(14-20)28(26,27)15-19-8-5-4-6-9-19/h4-6,8-9,12-13,20H,7,10-11,14-15H2,1-3H3,(H,23,25)/t20-/m1/s1. The number of amides is 1. The van der Waals surface area contributed by atoms with Gasteiger partial charge in [-0.05, 0) is 50.3 Å². The van der Waals surface area contributed by atoms with Crippen molar-refractivity contribution in [2.75, 3.05) is 18.4 Å². The molecule has 1 atom stereocenters. The smallest absolute Gasteiger partial charge is 0.228 e. The highest BCUT2D eigenvalue weighted by molar-refractivity contribution is 7.88. The van der Waals surface area contributed by atoms with Crippen LogP contribution in [0.25, 0.3) is 0 Å². The van der Waals surface area contributed by atoms with Crippen molar-refractivity contribution < 1.29 is 13.2 Å². The summed E-state index contributed by atoms with van der Waals surface area (Å²) in [6.07, 6.45) is 1.39. The summed E-state index contributed by atoms with van der Waals surface area (Å²) in [4.78, 5) is 12.9. The monoisotopic (exact) mass is 400 g/mol. The van der Waals surface area contributed by atoms with Crippen molar-refractivity contribution in [1.29, 1.82) is 0 Å². The van der Waals surface area contributed by atoms with E-state index in [2.05, 4.69) is 5.32 Å². The highest BCUT2D eigenvalue weighted by Crippen LogP contribution is 2.26. The lowest BCUT2D eigenvalue weighted by Crippen LogP contribution is -2.44. The molecular formula is C22H28N2O3S. The number of sulfonamides is 1. The third kappa shape index (κ3) is 4.80. The molecule has 0 aliphatic carbocycles. The fraction of sp³-hybridized carbons (Fsp3) is 0.409. The largest absolute Gasteiger partial charge is 0.325 e. The second-order valence-electron chi connectivity index (χ2n) is 7.70. The van der Waals surface area contributed by atoms with Crippen LogP contribution >= 0.6 is 0 Å². The van der Waals surface area contributed by atoms with Crippen LogP contribution in [0.3, 0.4) is 0 Å². The van der Waals surface area contributed by atoms with Gasteiger partial charge in [0.05, 0.1) is 11.7 Å². The van der Waals surface area contributed by atoms with Gasteiger partial charge in [0.2, 0.25) is 15.9 Å². The molecule has 5 nitrogen and oxygen atoms in total. The summed E-state index contributed by atoms with van der Waals surface area (Å²) in [5.41, 5.74) is 4.80. The molecule has 0 radical (unpaired) electrons. The van der Waals surface area contributed by atoms with E-state index in [4.69, 9.17) is 0 Å². The summed E-state index contributed by atoms with van der Waals surface area (Å²) in [5, 5.41) is 3.04. The number of nitrogens with one attached hydrogen (secondary N) is 1. The van der Waals surface area contributed by atoms with Gasteiger partial charge in [-0.25, -0.2) is 12.7 Å². The molecule has 2 aromatic rings. The molecule has 1 N–H and O–H groups in total. The Hall–Kier alpha value is -2.18. The average molecular weight is 401 g/mol. The summed E-state index contributed by atoms with van der Waals surface area (Å²) >= 11 is 0. The normalized spacial score (nSPS) is 18.0. The molecule has 0 bridgehead atoms. The van der Waals surface area contributed by atoms with Gasteiger partial charge in [-0.1, -0.05) is 48.0 Å². The summed E-state index contributed by atoms with van der Waals surface area (Å²) in [6, 6.07) is 13.3. The Kier molecular flexibility index (Phi) is 6.20. The zero-order valence-corrected chi connectivity index (χ0v) is 17.6. The number of aryl methyl sites for hydroxylation is 3. The number of carbonyl (C=O) groups excluding carboxylic acids is 1. The molecule has 150 valence electrons. The van der Waals surface area contributed by atoms with Gasteiger partial charge in [-0.3, -0.25) is 4.79 Å². The lowest BCUT2D eigenvalue weighted by Gasteiger charge is -2.31. The van der Waals surface area contributed by atoms with Crippen LogP contribution < -0.4 is 5.32 Å². The number of benzene rings is 2. The lowest BCUT2D eigenvalue weighted by atomic mass is 9.98. The summed E-state index contributed by atoms with van der Waals surface area (Å²) in [5.74, 6) is -0.465. The van der Waals surface area contributed by atoms with Gasteiger partial charge in [0.15, 0.2) is 0 Å². The fourth-order valence-corrected chi connectivity index (χ4v) is 5.50. The van der Waals surface area contributed by atoms with Gasteiger partial charge in [-0.15, -0.1) is 0 Å². The Labute approximate surface area is 167 Å². The van der Waals surface area contributed by atoms with Crippen molar-refractivity contribution in [2.24, 2.45) is 5.92 Å². The van der Waals surface area contributed by atoms with E-state index in [1.54, 1.807) is 0 Å². The van der Waals surface area contributed by atoms with Crippen LogP contribution in [0.5, 0.6) is 0 Å². The van der Waals surface area contributed by atoms with Gasteiger partial charge >= 0.3 is 0 Å². The molecule has 0 spiro atoms. The zero-order valence-electron chi connectivity index (χ0n) is 16.7. The van der Waals surface area contributed by atoms with Crippen molar-refractivity contribution in [3.05, 3.63) is 64.7 Å². The fourth-order valence-electron chi connectivity index (χ4n) is 3.89. The Balaban J connectivity index is 1.70. The van der Waals surface area contributed by atoms with Crippen LogP contribution in [0.1, 0.15) is 35.1 Å². The van der Waals surface area contributed by atoms with Crippen molar-refractivity contribution in [3.8, 4) is 0 Å².